The van der Waals surface area contributed by atoms with E-state index in [1.54, 1.807) is 7.11 Å². The van der Waals surface area contributed by atoms with Gasteiger partial charge in [-0.15, -0.1) is 0 Å². The van der Waals surface area contributed by atoms with E-state index in [1.807, 2.05) is 0 Å². The van der Waals surface area contributed by atoms with Crippen molar-refractivity contribution in [3.63, 3.8) is 0 Å². The average Bonchev–Trinajstić information content (AvgIpc) is 2.23. The van der Waals surface area contributed by atoms with E-state index in [1.165, 1.54) is 44.9 Å². The zero-order valence-electron chi connectivity index (χ0n) is 10.8. The van der Waals surface area contributed by atoms with Gasteiger partial charge in [-0.2, -0.15) is 0 Å². The second-order valence-electron chi connectivity index (χ2n) is 4.23. The van der Waals surface area contributed by atoms with Gasteiger partial charge in [-0.1, -0.05) is 45.4 Å². The van der Waals surface area contributed by atoms with Crippen LogP contribution in [0.2, 0.25) is 0 Å². The molecule has 2 heteroatoms. The number of ether oxygens (including phenoxy) is 2. The minimum Gasteiger partial charge on any atom is -0.382 e. The molecule has 0 spiro atoms. The lowest BCUT2D eigenvalue weighted by molar-refractivity contribution is 0.0214. The van der Waals surface area contributed by atoms with Gasteiger partial charge in [0.25, 0.3) is 0 Å². The second-order valence-corrected chi connectivity index (χ2v) is 4.23. The molecule has 1 atom stereocenters. The molecule has 0 saturated heterocycles. The summed E-state index contributed by atoms with van der Waals surface area (Å²) in [6.07, 6.45) is 9.75. The molecule has 0 radical (unpaired) electrons. The summed E-state index contributed by atoms with van der Waals surface area (Å²) in [5.74, 6) is 0. The van der Waals surface area contributed by atoms with Gasteiger partial charge in [0.05, 0.1) is 19.3 Å². The zero-order valence-corrected chi connectivity index (χ0v) is 10.8. The highest BCUT2D eigenvalue weighted by Gasteiger charge is 2.01. The lowest BCUT2D eigenvalue weighted by Crippen LogP contribution is -2.12. The van der Waals surface area contributed by atoms with Crippen LogP contribution >= 0.6 is 0 Å². The summed E-state index contributed by atoms with van der Waals surface area (Å²) in [4.78, 5) is 0. The SMILES string of the molecule is CCCCCCCCC(C)OCCOC. The minimum atomic E-state index is 0.395. The van der Waals surface area contributed by atoms with E-state index in [-0.39, 0.29) is 0 Å². The second kappa shape index (κ2) is 12.0. The van der Waals surface area contributed by atoms with Crippen molar-refractivity contribution in [2.45, 2.75) is 64.9 Å². The highest BCUT2D eigenvalue weighted by molar-refractivity contribution is 4.52. The van der Waals surface area contributed by atoms with Crippen LogP contribution < -0.4 is 0 Å². The molecule has 0 fully saturated rings. The Labute approximate surface area is 95.3 Å². The summed E-state index contributed by atoms with van der Waals surface area (Å²) in [5, 5.41) is 0. The van der Waals surface area contributed by atoms with E-state index in [9.17, 15) is 0 Å². The lowest BCUT2D eigenvalue weighted by atomic mass is 10.1. The normalized spacial score (nSPS) is 13.0. The molecular formula is C13H28O2. The van der Waals surface area contributed by atoms with Gasteiger partial charge < -0.3 is 9.47 Å². The van der Waals surface area contributed by atoms with Crippen LogP contribution in [0.4, 0.5) is 0 Å². The van der Waals surface area contributed by atoms with Gasteiger partial charge in [-0.25, -0.2) is 0 Å². The monoisotopic (exact) mass is 216 g/mol. The topological polar surface area (TPSA) is 18.5 Å². The van der Waals surface area contributed by atoms with Crippen LogP contribution in [-0.4, -0.2) is 26.4 Å². The van der Waals surface area contributed by atoms with Gasteiger partial charge in [0.15, 0.2) is 0 Å². The molecule has 0 heterocycles. The van der Waals surface area contributed by atoms with Crippen LogP contribution in [0, 0.1) is 0 Å². The first kappa shape index (κ1) is 14.9. The van der Waals surface area contributed by atoms with E-state index in [0.717, 1.165) is 6.61 Å². The largest absolute Gasteiger partial charge is 0.382 e. The van der Waals surface area contributed by atoms with Crippen molar-refractivity contribution < 1.29 is 9.47 Å². The first-order chi connectivity index (χ1) is 7.31. The molecule has 0 rings (SSSR count). The first-order valence-electron chi connectivity index (χ1n) is 6.41. The standard InChI is InChI=1S/C13H28O2/c1-4-5-6-7-8-9-10-13(2)15-12-11-14-3/h13H,4-12H2,1-3H3. The first-order valence-corrected chi connectivity index (χ1v) is 6.41. The number of rotatable bonds is 11. The van der Waals surface area contributed by atoms with Crippen molar-refractivity contribution in [3.8, 4) is 0 Å². The molecule has 0 aromatic carbocycles. The summed E-state index contributed by atoms with van der Waals surface area (Å²) in [6.45, 7) is 5.85. The van der Waals surface area contributed by atoms with Gasteiger partial charge in [0.1, 0.15) is 0 Å². The maximum Gasteiger partial charge on any atom is 0.0703 e. The fourth-order valence-corrected chi connectivity index (χ4v) is 1.63. The smallest absolute Gasteiger partial charge is 0.0703 e. The molecule has 0 bridgehead atoms. The van der Waals surface area contributed by atoms with E-state index in [2.05, 4.69) is 13.8 Å². The van der Waals surface area contributed by atoms with E-state index < -0.39 is 0 Å². The van der Waals surface area contributed by atoms with Crippen LogP contribution in [0.25, 0.3) is 0 Å². The highest BCUT2D eigenvalue weighted by atomic mass is 16.5. The van der Waals surface area contributed by atoms with Crippen molar-refractivity contribution in [1.82, 2.24) is 0 Å². The predicted molar refractivity (Wildman–Crippen MR) is 65.3 cm³/mol. The summed E-state index contributed by atoms with van der Waals surface area (Å²) in [6, 6.07) is 0. The molecule has 0 aromatic rings. The number of hydrogen-bond acceptors (Lipinski definition) is 2. The summed E-state index contributed by atoms with van der Waals surface area (Å²) in [7, 11) is 1.71. The van der Waals surface area contributed by atoms with Crippen LogP contribution in [0.5, 0.6) is 0 Å². The maximum absolute atomic E-state index is 5.59. The van der Waals surface area contributed by atoms with Crippen LogP contribution in [0.3, 0.4) is 0 Å². The maximum atomic E-state index is 5.59. The van der Waals surface area contributed by atoms with Crippen LogP contribution in [-0.2, 0) is 9.47 Å². The van der Waals surface area contributed by atoms with Crippen molar-refractivity contribution in [2.24, 2.45) is 0 Å². The molecule has 0 aliphatic carbocycles. The Kier molecular flexibility index (Phi) is 11.9. The van der Waals surface area contributed by atoms with Gasteiger partial charge in [0, 0.05) is 7.11 Å². The number of hydrogen-bond donors (Lipinski definition) is 0. The third kappa shape index (κ3) is 11.8. The van der Waals surface area contributed by atoms with Gasteiger partial charge in [-0.3, -0.25) is 0 Å². The van der Waals surface area contributed by atoms with Gasteiger partial charge >= 0.3 is 0 Å². The van der Waals surface area contributed by atoms with Crippen LogP contribution in [0.15, 0.2) is 0 Å². The Balaban J connectivity index is 3.06. The summed E-state index contributed by atoms with van der Waals surface area (Å²) < 4.78 is 10.5. The molecule has 1 unspecified atom stereocenters. The number of methoxy groups -OCH3 is 1. The molecule has 92 valence electrons. The molecule has 2 nitrogen and oxygen atoms in total. The lowest BCUT2D eigenvalue weighted by Gasteiger charge is -2.12. The Morgan fingerprint density at radius 2 is 1.60 bits per heavy atom. The molecule has 15 heavy (non-hydrogen) atoms. The fourth-order valence-electron chi connectivity index (χ4n) is 1.63. The molecule has 0 N–H and O–H groups in total. The Bertz CT molecular complexity index is 115. The third-order valence-electron chi connectivity index (χ3n) is 2.65. The Hall–Kier alpha value is -0.0800. The fraction of sp³-hybridized carbons (Fsp3) is 1.00. The van der Waals surface area contributed by atoms with Crippen molar-refractivity contribution in [1.29, 1.82) is 0 Å². The third-order valence-corrected chi connectivity index (χ3v) is 2.65. The van der Waals surface area contributed by atoms with E-state index in [0.29, 0.717) is 12.7 Å². The van der Waals surface area contributed by atoms with E-state index >= 15 is 0 Å². The molecule has 0 saturated carbocycles. The predicted octanol–water partition coefficient (Wildman–Crippen LogP) is 3.79. The summed E-state index contributed by atoms with van der Waals surface area (Å²) >= 11 is 0. The minimum absolute atomic E-state index is 0.395. The van der Waals surface area contributed by atoms with Gasteiger partial charge in [0.2, 0.25) is 0 Å². The Morgan fingerprint density at radius 1 is 0.933 bits per heavy atom. The average molecular weight is 216 g/mol. The van der Waals surface area contributed by atoms with Crippen molar-refractivity contribution in [2.75, 3.05) is 20.3 Å². The Morgan fingerprint density at radius 3 is 2.27 bits per heavy atom. The molecule has 0 aliphatic heterocycles. The van der Waals surface area contributed by atoms with E-state index in [4.69, 9.17) is 9.47 Å². The molecular weight excluding hydrogens is 188 g/mol. The summed E-state index contributed by atoms with van der Waals surface area (Å²) in [5.41, 5.74) is 0. The van der Waals surface area contributed by atoms with Gasteiger partial charge in [-0.05, 0) is 13.3 Å². The number of unbranched alkanes of at least 4 members (excludes halogenated alkanes) is 5. The van der Waals surface area contributed by atoms with Crippen molar-refractivity contribution in [3.05, 3.63) is 0 Å². The molecule has 0 aliphatic rings. The van der Waals surface area contributed by atoms with Crippen LogP contribution in [0.1, 0.15) is 58.8 Å². The molecule has 0 amide bonds. The molecule has 0 aromatic heterocycles. The van der Waals surface area contributed by atoms with Crippen molar-refractivity contribution >= 4 is 0 Å². The zero-order chi connectivity index (χ0) is 11.4. The highest BCUT2D eigenvalue weighted by Crippen LogP contribution is 2.09. The quantitative estimate of drug-likeness (QED) is 0.489.